The largest absolute Gasteiger partial charge is 0.497 e. The average molecular weight is 370 g/mol. The van der Waals surface area contributed by atoms with Crippen molar-refractivity contribution in [1.29, 1.82) is 0 Å². The smallest absolute Gasteiger partial charge is 0.241 e. The predicted octanol–water partition coefficient (Wildman–Crippen LogP) is 2.77. The summed E-state index contributed by atoms with van der Waals surface area (Å²) in [6, 6.07) is 19.2. The summed E-state index contributed by atoms with van der Waals surface area (Å²) >= 11 is 0. The van der Waals surface area contributed by atoms with E-state index >= 15 is 0 Å². The van der Waals surface area contributed by atoms with E-state index < -0.39 is 15.9 Å². The SMILES string of the molecule is COc1ccc(S(=O)(=O)NCC(=O)Nc2ccc3ccccc3c2)cc1. The zero-order valence-corrected chi connectivity index (χ0v) is 14.9. The highest BCUT2D eigenvalue weighted by molar-refractivity contribution is 7.89. The molecule has 0 saturated carbocycles. The molecule has 0 spiro atoms. The van der Waals surface area contributed by atoms with Crippen molar-refractivity contribution in [3.63, 3.8) is 0 Å². The van der Waals surface area contributed by atoms with Crippen molar-refractivity contribution in [2.24, 2.45) is 0 Å². The van der Waals surface area contributed by atoms with E-state index in [1.54, 1.807) is 18.2 Å². The monoisotopic (exact) mass is 370 g/mol. The van der Waals surface area contributed by atoms with Crippen LogP contribution in [0.4, 0.5) is 5.69 Å². The third-order valence-corrected chi connectivity index (χ3v) is 5.24. The minimum atomic E-state index is -3.77. The van der Waals surface area contributed by atoms with Gasteiger partial charge in [-0.2, -0.15) is 0 Å². The fourth-order valence-electron chi connectivity index (χ4n) is 2.47. The number of methoxy groups -OCH3 is 1. The van der Waals surface area contributed by atoms with E-state index in [1.807, 2.05) is 36.4 Å². The van der Waals surface area contributed by atoms with E-state index in [9.17, 15) is 13.2 Å². The van der Waals surface area contributed by atoms with Gasteiger partial charge in [-0.25, -0.2) is 13.1 Å². The third kappa shape index (κ3) is 4.19. The lowest BCUT2D eigenvalue weighted by Gasteiger charge is -2.09. The predicted molar refractivity (Wildman–Crippen MR) is 101 cm³/mol. The Labute approximate surface area is 151 Å². The number of nitrogens with one attached hydrogen (secondary N) is 2. The molecule has 0 aliphatic rings. The molecule has 0 saturated heterocycles. The molecular weight excluding hydrogens is 352 g/mol. The molecule has 0 unspecified atom stereocenters. The number of anilines is 1. The maximum atomic E-state index is 12.2. The quantitative estimate of drug-likeness (QED) is 0.699. The van der Waals surface area contributed by atoms with Crippen LogP contribution >= 0.6 is 0 Å². The van der Waals surface area contributed by atoms with Gasteiger partial charge in [-0.15, -0.1) is 0 Å². The molecule has 3 rings (SSSR count). The topological polar surface area (TPSA) is 84.5 Å². The van der Waals surface area contributed by atoms with Gasteiger partial charge in [0.15, 0.2) is 0 Å². The molecule has 1 amide bonds. The molecule has 134 valence electrons. The molecule has 0 bridgehead atoms. The molecule has 2 N–H and O–H groups in total. The van der Waals surface area contributed by atoms with Crippen LogP contribution < -0.4 is 14.8 Å². The zero-order valence-electron chi connectivity index (χ0n) is 14.1. The van der Waals surface area contributed by atoms with Crippen LogP contribution in [0.25, 0.3) is 10.8 Å². The molecule has 26 heavy (non-hydrogen) atoms. The number of hydrogen-bond donors (Lipinski definition) is 2. The number of sulfonamides is 1. The second kappa shape index (κ2) is 7.55. The fourth-order valence-corrected chi connectivity index (χ4v) is 3.45. The van der Waals surface area contributed by atoms with E-state index in [1.165, 1.54) is 19.2 Å². The van der Waals surface area contributed by atoms with Crippen molar-refractivity contribution < 1.29 is 17.9 Å². The Morgan fingerprint density at radius 2 is 1.65 bits per heavy atom. The van der Waals surface area contributed by atoms with Gasteiger partial charge in [-0.3, -0.25) is 4.79 Å². The standard InChI is InChI=1S/C19H18N2O4S/c1-25-17-8-10-18(11-9-17)26(23,24)20-13-19(22)21-16-7-6-14-4-2-3-5-15(14)12-16/h2-12,20H,13H2,1H3,(H,21,22). The van der Waals surface area contributed by atoms with Crippen LogP contribution in [0, 0.1) is 0 Å². The number of ether oxygens (including phenoxy) is 1. The molecule has 3 aromatic rings. The first-order valence-corrected chi connectivity index (χ1v) is 9.39. The third-order valence-electron chi connectivity index (χ3n) is 3.83. The highest BCUT2D eigenvalue weighted by atomic mass is 32.2. The average Bonchev–Trinajstić information content (AvgIpc) is 2.66. The zero-order chi connectivity index (χ0) is 18.6. The number of fused-ring (bicyclic) bond motifs is 1. The summed E-state index contributed by atoms with van der Waals surface area (Å²) in [5, 5.41) is 4.74. The van der Waals surface area contributed by atoms with Gasteiger partial charge in [-0.05, 0) is 47.2 Å². The number of carbonyl (C=O) groups is 1. The first-order valence-electron chi connectivity index (χ1n) is 7.90. The first kappa shape index (κ1) is 17.9. The Kier molecular flexibility index (Phi) is 5.20. The Morgan fingerprint density at radius 1 is 0.962 bits per heavy atom. The summed E-state index contributed by atoms with van der Waals surface area (Å²) in [6.45, 7) is -0.360. The molecule has 7 heteroatoms. The van der Waals surface area contributed by atoms with Crippen LogP contribution in [-0.4, -0.2) is 28.0 Å². The van der Waals surface area contributed by atoms with Gasteiger partial charge >= 0.3 is 0 Å². The molecule has 3 aromatic carbocycles. The highest BCUT2D eigenvalue weighted by Crippen LogP contribution is 2.19. The lowest BCUT2D eigenvalue weighted by Crippen LogP contribution is -2.32. The molecule has 0 radical (unpaired) electrons. The minimum absolute atomic E-state index is 0.0665. The van der Waals surface area contributed by atoms with Crippen molar-refractivity contribution in [3.8, 4) is 5.75 Å². The Morgan fingerprint density at radius 3 is 2.35 bits per heavy atom. The molecule has 0 aliphatic heterocycles. The van der Waals surface area contributed by atoms with E-state index in [0.29, 0.717) is 11.4 Å². The van der Waals surface area contributed by atoms with Gasteiger partial charge in [0.25, 0.3) is 0 Å². The summed E-state index contributed by atoms with van der Waals surface area (Å²) in [5.41, 5.74) is 0.609. The van der Waals surface area contributed by atoms with Gasteiger partial charge in [0.2, 0.25) is 15.9 Å². The van der Waals surface area contributed by atoms with Crippen molar-refractivity contribution in [2.75, 3.05) is 19.0 Å². The van der Waals surface area contributed by atoms with Gasteiger partial charge < -0.3 is 10.1 Å². The number of amides is 1. The summed E-state index contributed by atoms with van der Waals surface area (Å²) < 4.78 is 31.8. The van der Waals surface area contributed by atoms with Crippen molar-refractivity contribution in [3.05, 3.63) is 66.7 Å². The lowest BCUT2D eigenvalue weighted by molar-refractivity contribution is -0.115. The van der Waals surface area contributed by atoms with Crippen LogP contribution in [0.2, 0.25) is 0 Å². The van der Waals surface area contributed by atoms with Crippen molar-refractivity contribution in [1.82, 2.24) is 4.72 Å². The molecule has 0 heterocycles. The van der Waals surface area contributed by atoms with Crippen LogP contribution in [0.15, 0.2) is 71.6 Å². The number of hydrogen-bond acceptors (Lipinski definition) is 4. The van der Waals surface area contributed by atoms with Gasteiger partial charge in [-0.1, -0.05) is 30.3 Å². The van der Waals surface area contributed by atoms with E-state index in [0.717, 1.165) is 10.8 Å². The molecule has 0 fully saturated rings. The van der Waals surface area contributed by atoms with E-state index in [4.69, 9.17) is 4.74 Å². The molecule has 0 aromatic heterocycles. The number of carbonyl (C=O) groups excluding carboxylic acids is 1. The second-order valence-corrected chi connectivity index (χ2v) is 7.38. The highest BCUT2D eigenvalue weighted by Gasteiger charge is 2.15. The fraction of sp³-hybridized carbons (Fsp3) is 0.105. The lowest BCUT2D eigenvalue weighted by atomic mass is 10.1. The molecule has 6 nitrogen and oxygen atoms in total. The summed E-state index contributed by atoms with van der Waals surface area (Å²) in [6.07, 6.45) is 0. The second-order valence-electron chi connectivity index (χ2n) is 5.61. The van der Waals surface area contributed by atoms with Crippen LogP contribution in [0.5, 0.6) is 5.75 Å². The molecule has 0 aliphatic carbocycles. The summed E-state index contributed by atoms with van der Waals surface area (Å²) in [7, 11) is -2.27. The number of rotatable bonds is 6. The first-order chi connectivity index (χ1) is 12.5. The Balaban J connectivity index is 1.63. The van der Waals surface area contributed by atoms with Crippen molar-refractivity contribution >= 4 is 32.4 Å². The maximum Gasteiger partial charge on any atom is 0.241 e. The Hall–Kier alpha value is -2.90. The van der Waals surface area contributed by atoms with Crippen LogP contribution in [0.1, 0.15) is 0 Å². The Bertz CT molecular complexity index is 1030. The van der Waals surface area contributed by atoms with E-state index in [-0.39, 0.29) is 11.4 Å². The summed E-state index contributed by atoms with van der Waals surface area (Å²) in [4.78, 5) is 12.1. The minimum Gasteiger partial charge on any atom is -0.497 e. The normalized spacial score (nSPS) is 11.3. The molecule has 0 atom stereocenters. The van der Waals surface area contributed by atoms with Crippen molar-refractivity contribution in [2.45, 2.75) is 4.90 Å². The number of benzene rings is 3. The van der Waals surface area contributed by atoms with Crippen LogP contribution in [-0.2, 0) is 14.8 Å². The summed E-state index contributed by atoms with van der Waals surface area (Å²) in [5.74, 6) is 0.107. The maximum absolute atomic E-state index is 12.2. The van der Waals surface area contributed by atoms with Crippen LogP contribution in [0.3, 0.4) is 0 Å². The van der Waals surface area contributed by atoms with Gasteiger partial charge in [0.05, 0.1) is 18.6 Å². The van der Waals surface area contributed by atoms with Gasteiger partial charge in [0.1, 0.15) is 5.75 Å². The van der Waals surface area contributed by atoms with Gasteiger partial charge in [0, 0.05) is 5.69 Å². The molecular formula is C19H18N2O4S. The van der Waals surface area contributed by atoms with E-state index in [2.05, 4.69) is 10.0 Å².